The molecule has 0 aromatic carbocycles. The minimum Gasteiger partial charge on any atom is -1.00 e. The first kappa shape index (κ1) is 32.8. The number of carboxylic acid groups (broad SMARTS) is 2. The summed E-state index contributed by atoms with van der Waals surface area (Å²) in [5, 5.41) is 16.6. The third-order valence-electron chi connectivity index (χ3n) is 1.10. The maximum atomic E-state index is 10.5. The Morgan fingerprint density at radius 3 is 1.39 bits per heavy atom. The van der Waals surface area contributed by atoms with Crippen molar-refractivity contribution in [3.8, 4) is 0 Å². The van der Waals surface area contributed by atoms with Gasteiger partial charge in [-0.3, -0.25) is 19.1 Å². The molecule has 0 fully saturated rings. The van der Waals surface area contributed by atoms with Gasteiger partial charge in [0.25, 0.3) is 0 Å². The van der Waals surface area contributed by atoms with Crippen molar-refractivity contribution in [3.63, 3.8) is 0 Å². The van der Waals surface area contributed by atoms with Crippen LogP contribution in [-0.2, 0) is 14.2 Å². The zero-order valence-electron chi connectivity index (χ0n) is 15.0. The van der Waals surface area contributed by atoms with Gasteiger partial charge < -0.3 is 25.7 Å². The average Bonchev–Trinajstić information content (AvgIpc) is 1.77. The molecular weight excluding hydrogens is 309 g/mol. The molecule has 0 spiro atoms. The van der Waals surface area contributed by atoms with Gasteiger partial charge in [0.05, 0.1) is 13.1 Å². The zero-order chi connectivity index (χ0) is 11.4. The molecule has 0 aromatic rings. The van der Waals surface area contributed by atoms with Gasteiger partial charge in [-0.2, -0.15) is 0 Å². The van der Waals surface area contributed by atoms with Gasteiger partial charge in [-0.15, -0.1) is 0 Å². The SMILES string of the molecule is O=C(O)CN(CC(=O)O)CP(=O)(O)O.[H-].[H-].[H-].[H-].[Na+].[Na+].[Na+].[Na+]. The second-order valence-electron chi connectivity index (χ2n) is 2.58. The Morgan fingerprint density at radius 2 is 1.22 bits per heavy atom. The van der Waals surface area contributed by atoms with E-state index in [1.165, 1.54) is 0 Å². The van der Waals surface area contributed by atoms with Crippen molar-refractivity contribution < 1.29 is 158 Å². The fraction of sp³-hybridized carbons (Fsp3) is 0.600. The molecule has 0 aliphatic rings. The molecule has 4 N–H and O–H groups in total. The van der Waals surface area contributed by atoms with E-state index >= 15 is 0 Å². The summed E-state index contributed by atoms with van der Waals surface area (Å²) in [6, 6.07) is 0. The quantitative estimate of drug-likeness (QED) is 0.279. The third kappa shape index (κ3) is 24.1. The average molecular weight is 323 g/mol. The molecule has 0 amide bonds. The van der Waals surface area contributed by atoms with Crippen LogP contribution in [0.4, 0.5) is 0 Å². The molecule has 18 heavy (non-hydrogen) atoms. The van der Waals surface area contributed by atoms with Crippen LogP contribution in [0.1, 0.15) is 5.71 Å². The molecule has 90 valence electrons. The Bertz CT molecular complexity index is 284. The number of hydrogen-bond acceptors (Lipinski definition) is 4. The van der Waals surface area contributed by atoms with Crippen molar-refractivity contribution in [2.24, 2.45) is 0 Å². The van der Waals surface area contributed by atoms with Crippen molar-refractivity contribution in [1.29, 1.82) is 0 Å². The van der Waals surface area contributed by atoms with Crippen molar-refractivity contribution in [2.45, 2.75) is 0 Å². The predicted octanol–water partition coefficient (Wildman–Crippen LogP) is -12.9. The molecule has 0 rings (SSSR count). The molecule has 0 saturated carbocycles. The van der Waals surface area contributed by atoms with Gasteiger partial charge in [0, 0.05) is 0 Å². The van der Waals surface area contributed by atoms with Crippen molar-refractivity contribution in [1.82, 2.24) is 4.90 Å². The number of aliphatic carboxylic acids is 2. The summed E-state index contributed by atoms with van der Waals surface area (Å²) < 4.78 is 10.5. The molecule has 0 aliphatic heterocycles. The second kappa shape index (κ2) is 16.4. The molecule has 0 aliphatic carbocycles. The molecule has 0 saturated heterocycles. The first-order valence-corrected chi connectivity index (χ1v) is 5.21. The van der Waals surface area contributed by atoms with Gasteiger partial charge in [0.1, 0.15) is 6.29 Å². The number of carbonyl (C=O) groups is 2. The largest absolute Gasteiger partial charge is 1.00 e. The van der Waals surface area contributed by atoms with E-state index in [2.05, 4.69) is 0 Å². The molecular formula is C5H14NNa4O7P. The number of nitrogens with zero attached hydrogens (tertiary/aromatic N) is 1. The molecule has 0 aromatic heterocycles. The molecule has 0 radical (unpaired) electrons. The predicted molar refractivity (Wildman–Crippen MR) is 48.2 cm³/mol. The van der Waals surface area contributed by atoms with Crippen LogP contribution in [0, 0.1) is 0 Å². The summed E-state index contributed by atoms with van der Waals surface area (Å²) in [5.41, 5.74) is 0. The first-order chi connectivity index (χ1) is 6.20. The van der Waals surface area contributed by atoms with Gasteiger partial charge in [0.2, 0.25) is 0 Å². The molecule has 0 unspecified atom stereocenters. The minimum absolute atomic E-state index is 0. The van der Waals surface area contributed by atoms with Gasteiger partial charge in [0.15, 0.2) is 0 Å². The van der Waals surface area contributed by atoms with Crippen molar-refractivity contribution in [2.75, 3.05) is 19.4 Å². The Labute approximate surface area is 199 Å². The van der Waals surface area contributed by atoms with Crippen LogP contribution in [-0.4, -0.2) is 56.2 Å². The van der Waals surface area contributed by atoms with Gasteiger partial charge in [-0.05, 0) is 0 Å². The maximum Gasteiger partial charge on any atom is 1.00 e. The van der Waals surface area contributed by atoms with E-state index < -0.39 is 38.9 Å². The summed E-state index contributed by atoms with van der Waals surface area (Å²) in [6.07, 6.45) is -0.883. The number of carboxylic acids is 2. The van der Waals surface area contributed by atoms with Crippen LogP contribution in [0.15, 0.2) is 0 Å². The monoisotopic (exact) mass is 323 g/mol. The summed E-state index contributed by atoms with van der Waals surface area (Å²) in [6.45, 7) is -1.45. The van der Waals surface area contributed by atoms with Crippen LogP contribution in [0.5, 0.6) is 0 Å². The molecule has 0 heterocycles. The maximum absolute atomic E-state index is 10.5. The third-order valence-corrected chi connectivity index (χ3v) is 1.87. The van der Waals surface area contributed by atoms with Crippen molar-refractivity contribution in [3.05, 3.63) is 0 Å². The van der Waals surface area contributed by atoms with Crippen LogP contribution in [0.2, 0.25) is 0 Å². The molecule has 0 bridgehead atoms. The van der Waals surface area contributed by atoms with Crippen molar-refractivity contribution >= 4 is 19.5 Å². The van der Waals surface area contributed by atoms with Gasteiger partial charge in [-0.1, -0.05) is 0 Å². The van der Waals surface area contributed by atoms with E-state index in [4.69, 9.17) is 20.0 Å². The Hall–Kier alpha value is 3.05. The first-order valence-electron chi connectivity index (χ1n) is 3.41. The Kier molecular flexibility index (Phi) is 30.0. The topological polar surface area (TPSA) is 135 Å². The fourth-order valence-electron chi connectivity index (χ4n) is 0.799. The van der Waals surface area contributed by atoms with E-state index in [9.17, 15) is 14.2 Å². The fourth-order valence-corrected chi connectivity index (χ4v) is 1.52. The Balaban J connectivity index is -0.0000000302. The number of rotatable bonds is 6. The summed E-state index contributed by atoms with van der Waals surface area (Å²) >= 11 is 0. The summed E-state index contributed by atoms with van der Waals surface area (Å²) in [4.78, 5) is 38.0. The normalized spacial score (nSPS) is 9.06. The number of hydrogen-bond donors (Lipinski definition) is 4. The standard InChI is InChI=1S/C5H10NO7P.4Na.4H/c7-4(8)1-6(2-5(9)10)3-14(11,12)13;;;;;;;;/h1-3H2,(H,7,8)(H,9,10)(H2,11,12,13);;;;;;;;/q;4*+1;4*-1. The molecule has 13 heteroatoms. The van der Waals surface area contributed by atoms with Crippen LogP contribution in [0.3, 0.4) is 0 Å². The molecule has 8 nitrogen and oxygen atoms in total. The minimum atomic E-state index is -4.44. The van der Waals surface area contributed by atoms with E-state index in [0.29, 0.717) is 4.90 Å². The second-order valence-corrected chi connectivity index (χ2v) is 4.19. The van der Waals surface area contributed by atoms with Crippen LogP contribution in [0.25, 0.3) is 0 Å². The molecule has 0 atom stereocenters. The summed E-state index contributed by atoms with van der Waals surface area (Å²) in [7, 11) is -4.44. The van der Waals surface area contributed by atoms with E-state index in [-0.39, 0.29) is 124 Å². The van der Waals surface area contributed by atoms with Gasteiger partial charge >= 0.3 is 138 Å². The zero-order valence-corrected chi connectivity index (χ0v) is 19.9. The van der Waals surface area contributed by atoms with Crippen LogP contribution >= 0.6 is 7.60 Å². The van der Waals surface area contributed by atoms with Crippen LogP contribution < -0.4 is 118 Å². The summed E-state index contributed by atoms with van der Waals surface area (Å²) in [5.74, 6) is -2.70. The Morgan fingerprint density at radius 1 is 0.944 bits per heavy atom. The van der Waals surface area contributed by atoms with Gasteiger partial charge in [-0.25, -0.2) is 0 Å². The smallest absolute Gasteiger partial charge is 1.00 e. The van der Waals surface area contributed by atoms with E-state index in [1.54, 1.807) is 0 Å². The van der Waals surface area contributed by atoms with E-state index in [0.717, 1.165) is 0 Å². The van der Waals surface area contributed by atoms with E-state index in [1.807, 2.05) is 0 Å².